The number of Topliss-reactive ketones (excluding diaryl/α,β-unsaturated/α-hetero) is 1. The number of fused-ring (bicyclic) bond motifs is 1. The highest BCUT2D eigenvalue weighted by Crippen LogP contribution is 2.52. The van der Waals surface area contributed by atoms with E-state index < -0.39 is 5.60 Å². The molecule has 0 aromatic heterocycles. The number of hydrogen-bond acceptors (Lipinski definition) is 4. The summed E-state index contributed by atoms with van der Waals surface area (Å²) in [5, 5.41) is 0. The summed E-state index contributed by atoms with van der Waals surface area (Å²) in [6.45, 7) is 6.81. The van der Waals surface area contributed by atoms with Crippen LogP contribution >= 0.6 is 0 Å². The molecule has 2 saturated heterocycles. The summed E-state index contributed by atoms with van der Waals surface area (Å²) in [5.41, 5.74) is -0.684. The Kier molecular flexibility index (Phi) is 2.68. The Bertz CT molecular complexity index is 418. The van der Waals surface area contributed by atoms with Crippen molar-refractivity contribution in [3.63, 3.8) is 0 Å². The Morgan fingerprint density at radius 2 is 2.00 bits per heavy atom. The summed E-state index contributed by atoms with van der Waals surface area (Å²) in [6.07, 6.45) is 2.12. The van der Waals surface area contributed by atoms with E-state index in [1.54, 1.807) is 4.90 Å². The molecule has 19 heavy (non-hydrogen) atoms. The second-order valence-electron chi connectivity index (χ2n) is 6.91. The molecule has 1 amide bonds. The van der Waals surface area contributed by atoms with Crippen LogP contribution in [0, 0.1) is 5.41 Å². The van der Waals surface area contributed by atoms with E-state index in [0.29, 0.717) is 13.1 Å². The van der Waals surface area contributed by atoms with Crippen molar-refractivity contribution < 1.29 is 19.1 Å². The molecule has 3 rings (SSSR count). The normalized spacial score (nSPS) is 32.4. The van der Waals surface area contributed by atoms with Crippen LogP contribution in [0.15, 0.2) is 0 Å². The van der Waals surface area contributed by atoms with Crippen molar-refractivity contribution in [2.45, 2.75) is 57.8 Å². The largest absolute Gasteiger partial charge is 0.444 e. The lowest BCUT2D eigenvalue weighted by Gasteiger charge is -2.39. The number of ketones is 1. The number of epoxide rings is 1. The van der Waals surface area contributed by atoms with Gasteiger partial charge in [-0.2, -0.15) is 0 Å². The third-order valence-electron chi connectivity index (χ3n) is 4.33. The summed E-state index contributed by atoms with van der Waals surface area (Å²) in [6, 6.07) is 0. The highest BCUT2D eigenvalue weighted by Gasteiger charge is 2.63. The van der Waals surface area contributed by atoms with Crippen LogP contribution in [0.1, 0.15) is 40.0 Å². The summed E-state index contributed by atoms with van der Waals surface area (Å²) in [7, 11) is 0. The Morgan fingerprint density at radius 1 is 1.37 bits per heavy atom. The Morgan fingerprint density at radius 3 is 2.47 bits per heavy atom. The number of rotatable bonds is 0. The minimum Gasteiger partial charge on any atom is -0.444 e. The predicted octanol–water partition coefficient (Wildman–Crippen LogP) is 1.74. The van der Waals surface area contributed by atoms with E-state index >= 15 is 0 Å². The molecule has 3 aliphatic rings. The van der Waals surface area contributed by atoms with Crippen LogP contribution in [0.4, 0.5) is 4.79 Å². The maximum absolute atomic E-state index is 12.2. The molecule has 0 N–H and O–H groups in total. The van der Waals surface area contributed by atoms with Crippen LogP contribution in [0.5, 0.6) is 0 Å². The SMILES string of the molecule is CC(C)(C)OC(=O)N1CCC2(CC1)CC1OC1C2=O. The van der Waals surface area contributed by atoms with Crippen molar-refractivity contribution in [1.29, 1.82) is 0 Å². The second-order valence-corrected chi connectivity index (χ2v) is 6.91. The zero-order chi connectivity index (χ0) is 13.8. The monoisotopic (exact) mass is 267 g/mol. The lowest BCUT2D eigenvalue weighted by molar-refractivity contribution is -0.132. The van der Waals surface area contributed by atoms with Crippen molar-refractivity contribution in [3.8, 4) is 0 Å². The van der Waals surface area contributed by atoms with E-state index in [4.69, 9.17) is 9.47 Å². The van der Waals surface area contributed by atoms with Gasteiger partial charge in [0.15, 0.2) is 5.78 Å². The number of likely N-dealkylation sites (tertiary alicyclic amines) is 1. The molecule has 1 spiro atoms. The van der Waals surface area contributed by atoms with E-state index in [1.807, 2.05) is 20.8 Å². The Hall–Kier alpha value is -1.10. The van der Waals surface area contributed by atoms with E-state index in [-0.39, 0.29) is 29.5 Å². The van der Waals surface area contributed by atoms with Gasteiger partial charge in [-0.05, 0) is 40.0 Å². The number of carbonyl (C=O) groups excluding carboxylic acids is 2. The molecular formula is C14H21NO4. The van der Waals surface area contributed by atoms with Gasteiger partial charge in [0, 0.05) is 18.5 Å². The second kappa shape index (κ2) is 3.95. The summed E-state index contributed by atoms with van der Waals surface area (Å²) in [4.78, 5) is 25.9. The first-order valence-electron chi connectivity index (χ1n) is 6.98. The van der Waals surface area contributed by atoms with E-state index in [1.165, 1.54) is 0 Å². The highest BCUT2D eigenvalue weighted by molar-refractivity contribution is 5.94. The number of nitrogens with zero attached hydrogens (tertiary/aromatic N) is 1. The summed E-state index contributed by atoms with van der Waals surface area (Å²) >= 11 is 0. The van der Waals surface area contributed by atoms with Crippen LogP contribution in [0.2, 0.25) is 0 Å². The number of amides is 1. The molecule has 2 unspecified atom stereocenters. The lowest BCUT2D eigenvalue weighted by atomic mass is 9.75. The molecule has 106 valence electrons. The first-order chi connectivity index (χ1) is 8.81. The number of carbonyl (C=O) groups is 2. The zero-order valence-electron chi connectivity index (χ0n) is 11.8. The fraction of sp³-hybridized carbons (Fsp3) is 0.857. The van der Waals surface area contributed by atoms with Crippen LogP contribution in [-0.2, 0) is 14.3 Å². The van der Waals surface area contributed by atoms with Gasteiger partial charge in [-0.3, -0.25) is 4.79 Å². The standard InChI is InChI=1S/C14H21NO4/c1-13(2,3)19-12(17)15-6-4-14(5-7-15)8-9-10(18-9)11(14)16/h9-10H,4-8H2,1-3H3. The van der Waals surface area contributed by atoms with Gasteiger partial charge in [0.25, 0.3) is 0 Å². The van der Waals surface area contributed by atoms with Gasteiger partial charge >= 0.3 is 6.09 Å². The number of piperidine rings is 1. The average molecular weight is 267 g/mol. The van der Waals surface area contributed by atoms with Crippen molar-refractivity contribution in [2.75, 3.05) is 13.1 Å². The molecule has 2 heterocycles. The fourth-order valence-corrected chi connectivity index (χ4v) is 3.21. The van der Waals surface area contributed by atoms with Gasteiger partial charge < -0.3 is 14.4 Å². The third kappa shape index (κ3) is 2.24. The van der Waals surface area contributed by atoms with Crippen LogP contribution < -0.4 is 0 Å². The molecular weight excluding hydrogens is 246 g/mol. The van der Waals surface area contributed by atoms with E-state index in [9.17, 15) is 9.59 Å². The molecule has 1 aliphatic carbocycles. The van der Waals surface area contributed by atoms with Gasteiger partial charge in [-0.15, -0.1) is 0 Å². The maximum atomic E-state index is 12.2. The van der Waals surface area contributed by atoms with Crippen molar-refractivity contribution in [3.05, 3.63) is 0 Å². The van der Waals surface area contributed by atoms with Crippen LogP contribution in [-0.4, -0.2) is 47.7 Å². The topological polar surface area (TPSA) is 59.1 Å². The van der Waals surface area contributed by atoms with Crippen molar-refractivity contribution in [2.24, 2.45) is 5.41 Å². The molecule has 3 fully saturated rings. The predicted molar refractivity (Wildman–Crippen MR) is 67.8 cm³/mol. The molecule has 5 nitrogen and oxygen atoms in total. The molecule has 1 saturated carbocycles. The van der Waals surface area contributed by atoms with Gasteiger partial charge in [0.05, 0.1) is 6.10 Å². The smallest absolute Gasteiger partial charge is 0.410 e. The molecule has 2 aliphatic heterocycles. The van der Waals surface area contributed by atoms with Gasteiger partial charge in [-0.1, -0.05) is 0 Å². The lowest BCUT2D eigenvalue weighted by Crippen LogP contribution is -2.47. The quantitative estimate of drug-likeness (QED) is 0.627. The van der Waals surface area contributed by atoms with Gasteiger partial charge in [0.2, 0.25) is 0 Å². The molecule has 0 bridgehead atoms. The summed E-state index contributed by atoms with van der Waals surface area (Å²) < 4.78 is 10.6. The minimum absolute atomic E-state index is 0.131. The van der Waals surface area contributed by atoms with Gasteiger partial charge in [-0.25, -0.2) is 4.79 Å². The maximum Gasteiger partial charge on any atom is 0.410 e. The van der Waals surface area contributed by atoms with Crippen LogP contribution in [0.25, 0.3) is 0 Å². The molecule has 5 heteroatoms. The van der Waals surface area contributed by atoms with E-state index in [0.717, 1.165) is 19.3 Å². The first-order valence-corrected chi connectivity index (χ1v) is 6.98. The van der Waals surface area contributed by atoms with Crippen molar-refractivity contribution in [1.82, 2.24) is 4.90 Å². The van der Waals surface area contributed by atoms with Crippen LogP contribution in [0.3, 0.4) is 0 Å². The van der Waals surface area contributed by atoms with Gasteiger partial charge in [0.1, 0.15) is 11.7 Å². The minimum atomic E-state index is -0.467. The molecule has 2 atom stereocenters. The third-order valence-corrected chi connectivity index (χ3v) is 4.33. The average Bonchev–Trinajstić information content (AvgIpc) is 3.00. The highest BCUT2D eigenvalue weighted by atomic mass is 16.6. The molecule has 0 radical (unpaired) electrons. The van der Waals surface area contributed by atoms with E-state index in [2.05, 4.69) is 0 Å². The number of ether oxygens (including phenoxy) is 2. The zero-order valence-corrected chi connectivity index (χ0v) is 11.8. The Balaban J connectivity index is 1.58. The van der Waals surface area contributed by atoms with Crippen molar-refractivity contribution >= 4 is 11.9 Å². The Labute approximate surface area is 113 Å². The number of hydrogen-bond donors (Lipinski definition) is 0. The summed E-state index contributed by atoms with van der Waals surface area (Å²) in [5.74, 6) is 0.265. The first kappa shape index (κ1) is 12.9. The fourth-order valence-electron chi connectivity index (χ4n) is 3.21. The molecule has 0 aromatic carbocycles. The molecule has 0 aromatic rings.